The minimum Gasteiger partial charge on any atom is -0.410 e. The molecule has 0 saturated carbocycles. The molecule has 0 aliphatic carbocycles. The van der Waals surface area contributed by atoms with Crippen LogP contribution >= 0.6 is 11.6 Å². The van der Waals surface area contributed by atoms with Crippen LogP contribution in [0.25, 0.3) is 0 Å². The Bertz CT molecular complexity index is 715. The largest absolute Gasteiger partial charge is 0.419 e. The maximum Gasteiger partial charge on any atom is 0.419 e. The molecule has 1 aromatic carbocycles. The fraction of sp³-hybridized carbons (Fsp3) is 0.560. The van der Waals surface area contributed by atoms with Gasteiger partial charge in [0.2, 0.25) is 0 Å². The summed E-state index contributed by atoms with van der Waals surface area (Å²) >= 11 is 6.93. The summed E-state index contributed by atoms with van der Waals surface area (Å²) in [7, 11) is -1.79. The number of nitrogens with zero attached hydrogens (tertiary/aromatic N) is 1. The topological polar surface area (TPSA) is 29.5 Å². The van der Waals surface area contributed by atoms with Gasteiger partial charge in [0, 0.05) is 11.2 Å². The summed E-state index contributed by atoms with van der Waals surface area (Å²) in [4.78, 5) is 15.0. The van der Waals surface area contributed by atoms with Crippen molar-refractivity contribution in [1.29, 1.82) is 0 Å². The maximum absolute atomic E-state index is 13.2. The van der Waals surface area contributed by atoms with Crippen LogP contribution < -0.4 is 4.74 Å². The predicted molar refractivity (Wildman–Crippen MR) is 131 cm³/mol. The van der Waals surface area contributed by atoms with Gasteiger partial charge in [0.15, 0.2) is 0 Å². The van der Waals surface area contributed by atoms with E-state index < -0.39 is 8.07 Å². The highest BCUT2D eigenvalue weighted by molar-refractivity contribution is 6.88. The van der Waals surface area contributed by atoms with Crippen molar-refractivity contribution in [2.45, 2.75) is 90.4 Å². The molecule has 1 unspecified atom stereocenters. The number of hydrogen-bond donors (Lipinski definition) is 0. The van der Waals surface area contributed by atoms with Crippen molar-refractivity contribution in [3.05, 3.63) is 52.8 Å². The van der Waals surface area contributed by atoms with Crippen LogP contribution in [0.15, 0.2) is 52.8 Å². The maximum atomic E-state index is 13.2. The first kappa shape index (κ1) is 24.7. The van der Waals surface area contributed by atoms with Crippen molar-refractivity contribution in [2.24, 2.45) is 0 Å². The van der Waals surface area contributed by atoms with Crippen LogP contribution in [0.5, 0.6) is 5.75 Å². The van der Waals surface area contributed by atoms with Crippen LogP contribution in [-0.4, -0.2) is 25.1 Å². The van der Waals surface area contributed by atoms with Crippen LogP contribution in [0.1, 0.15) is 66.2 Å². The fourth-order valence-electron chi connectivity index (χ4n) is 4.71. The van der Waals surface area contributed by atoms with Crippen LogP contribution in [-0.2, 0) is 0 Å². The molecule has 0 radical (unpaired) electrons. The molecule has 30 heavy (non-hydrogen) atoms. The van der Waals surface area contributed by atoms with Gasteiger partial charge in [-0.15, -0.1) is 0 Å². The van der Waals surface area contributed by atoms with E-state index >= 15 is 0 Å². The molecular formula is C25H38ClNO2Si. The van der Waals surface area contributed by atoms with Gasteiger partial charge in [-0.2, -0.15) is 0 Å². The molecule has 5 heteroatoms. The number of unbranched alkanes of at least 4 members (excludes halogenated alkanes) is 1. The van der Waals surface area contributed by atoms with Gasteiger partial charge in [-0.25, -0.2) is 4.79 Å². The highest BCUT2D eigenvalue weighted by Crippen LogP contribution is 2.41. The summed E-state index contributed by atoms with van der Waals surface area (Å²) in [5.74, 6) is 0.575. The Balaban J connectivity index is 2.42. The lowest BCUT2D eigenvalue weighted by Gasteiger charge is -2.39. The number of halogens is 1. The highest BCUT2D eigenvalue weighted by atomic mass is 35.5. The first-order chi connectivity index (χ1) is 14.5. The minimum atomic E-state index is -1.79. The molecule has 3 nitrogen and oxygen atoms in total. The van der Waals surface area contributed by atoms with Gasteiger partial charge < -0.3 is 4.74 Å². The first-order valence-electron chi connectivity index (χ1n) is 11.7. The van der Waals surface area contributed by atoms with E-state index in [1.54, 1.807) is 0 Å². The zero-order valence-electron chi connectivity index (χ0n) is 19.1. The summed E-state index contributed by atoms with van der Waals surface area (Å²) < 4.78 is 5.73. The Morgan fingerprint density at radius 1 is 1.00 bits per heavy atom. The Labute approximate surface area is 189 Å². The average Bonchev–Trinajstić information content (AvgIpc) is 2.73. The summed E-state index contributed by atoms with van der Waals surface area (Å²) in [6.07, 6.45) is 10.4. The Morgan fingerprint density at radius 2 is 1.60 bits per heavy atom. The molecule has 0 fully saturated rings. The van der Waals surface area contributed by atoms with Crippen LogP contribution in [0.3, 0.4) is 0 Å². The van der Waals surface area contributed by atoms with Gasteiger partial charge in [0.05, 0.1) is 14.1 Å². The lowest BCUT2D eigenvalue weighted by molar-refractivity contribution is 0.159. The average molecular weight is 448 g/mol. The van der Waals surface area contributed by atoms with Gasteiger partial charge >= 0.3 is 6.09 Å². The lowest BCUT2D eigenvalue weighted by atomic mass is 10.1. The summed E-state index contributed by atoms with van der Waals surface area (Å²) in [5.41, 5.74) is 0. The molecule has 2 rings (SSSR count). The van der Waals surface area contributed by atoms with Gasteiger partial charge in [0.1, 0.15) is 5.75 Å². The van der Waals surface area contributed by atoms with Crippen LogP contribution in [0.4, 0.5) is 4.79 Å². The SMILES string of the molecule is CCCCC1C=C(Cl)C([Si](CCC)(CCC)CCC)=CN1C(=O)Oc1ccccc1. The van der Waals surface area contributed by atoms with Crippen molar-refractivity contribution in [1.82, 2.24) is 4.90 Å². The highest BCUT2D eigenvalue weighted by Gasteiger charge is 2.39. The third-order valence-electron chi connectivity index (χ3n) is 5.99. The number of carbonyl (C=O) groups is 1. The third-order valence-corrected chi connectivity index (χ3v) is 12.4. The standard InChI is InChI=1S/C25H38ClNO2Si/c1-5-9-13-21-19-23(26)24(30(16-6-2,17-7-3)18-8-4)20-27(21)25(28)29-22-14-11-10-12-15-22/h10-12,14-15,19-21H,5-9,13,16-18H2,1-4H3. The van der Waals surface area contributed by atoms with E-state index in [-0.39, 0.29) is 12.1 Å². The number of carbonyl (C=O) groups excluding carboxylic acids is 1. The molecule has 1 aromatic rings. The van der Waals surface area contributed by atoms with Crippen molar-refractivity contribution in [3.63, 3.8) is 0 Å². The molecule has 1 amide bonds. The molecule has 1 heterocycles. The van der Waals surface area contributed by atoms with Gasteiger partial charge in [-0.1, -0.05) is 108 Å². The zero-order chi connectivity index (χ0) is 22.0. The van der Waals surface area contributed by atoms with Gasteiger partial charge in [-0.3, -0.25) is 4.90 Å². The summed E-state index contributed by atoms with van der Waals surface area (Å²) in [5, 5.41) is 2.12. The van der Waals surface area contributed by atoms with Crippen molar-refractivity contribution in [3.8, 4) is 5.75 Å². The summed E-state index contributed by atoms with van der Waals surface area (Å²) in [6, 6.07) is 12.9. The second-order valence-electron chi connectivity index (χ2n) is 8.39. The molecule has 0 bridgehead atoms. The minimum absolute atomic E-state index is 0.0472. The van der Waals surface area contributed by atoms with E-state index in [2.05, 4.69) is 40.0 Å². The number of amides is 1. The Kier molecular flexibility index (Phi) is 10.2. The van der Waals surface area contributed by atoms with Gasteiger partial charge in [0.25, 0.3) is 0 Å². The van der Waals surface area contributed by atoms with E-state index in [4.69, 9.17) is 16.3 Å². The molecule has 0 spiro atoms. The molecule has 1 aliphatic rings. The van der Waals surface area contributed by atoms with Crippen molar-refractivity contribution in [2.75, 3.05) is 0 Å². The van der Waals surface area contributed by atoms with E-state index in [9.17, 15) is 4.79 Å². The van der Waals surface area contributed by atoms with E-state index in [1.807, 2.05) is 35.2 Å². The van der Waals surface area contributed by atoms with E-state index in [0.29, 0.717) is 5.75 Å². The Hall–Kier alpha value is -1.52. The number of hydrogen-bond acceptors (Lipinski definition) is 2. The Morgan fingerprint density at radius 3 is 2.13 bits per heavy atom. The number of ether oxygens (including phenoxy) is 1. The predicted octanol–water partition coefficient (Wildman–Crippen LogP) is 8.28. The summed E-state index contributed by atoms with van der Waals surface area (Å²) in [6.45, 7) is 8.96. The third kappa shape index (κ3) is 6.24. The first-order valence-corrected chi connectivity index (χ1v) is 14.7. The molecule has 0 aromatic heterocycles. The molecule has 1 aliphatic heterocycles. The molecular weight excluding hydrogens is 410 g/mol. The van der Waals surface area contributed by atoms with Crippen molar-refractivity contribution < 1.29 is 9.53 Å². The second kappa shape index (κ2) is 12.4. The molecule has 1 atom stereocenters. The van der Waals surface area contributed by atoms with Crippen LogP contribution in [0, 0.1) is 0 Å². The molecule has 0 saturated heterocycles. The quantitative estimate of drug-likeness (QED) is 0.319. The van der Waals surface area contributed by atoms with Crippen LogP contribution in [0.2, 0.25) is 18.1 Å². The zero-order valence-corrected chi connectivity index (χ0v) is 20.9. The number of benzene rings is 1. The fourth-order valence-corrected chi connectivity index (χ4v) is 10.9. The monoisotopic (exact) mass is 447 g/mol. The van der Waals surface area contributed by atoms with Gasteiger partial charge in [-0.05, 0) is 29.8 Å². The molecule has 0 N–H and O–H groups in total. The normalized spacial score (nSPS) is 16.8. The second-order valence-corrected chi connectivity index (χ2v) is 13.4. The van der Waals surface area contributed by atoms with E-state index in [0.717, 1.165) is 43.6 Å². The number of rotatable bonds is 11. The number of allylic oxidation sites excluding steroid dienone is 2. The number of para-hydroxylation sites is 1. The smallest absolute Gasteiger partial charge is 0.410 e. The lowest BCUT2D eigenvalue weighted by Crippen LogP contribution is -2.44. The van der Waals surface area contributed by atoms with E-state index in [1.165, 1.54) is 23.3 Å². The molecule has 166 valence electrons. The van der Waals surface area contributed by atoms with Crippen molar-refractivity contribution >= 4 is 25.8 Å².